The van der Waals surface area contributed by atoms with Crippen LogP contribution in [0.15, 0.2) is 24.3 Å². The molecule has 25 heavy (non-hydrogen) atoms. The van der Waals surface area contributed by atoms with E-state index in [1.165, 1.54) is 0 Å². The molecule has 0 aliphatic carbocycles. The van der Waals surface area contributed by atoms with Crippen LogP contribution in [0.25, 0.3) is 10.9 Å². The number of benzene rings is 1. The Hall–Kier alpha value is -1.82. The van der Waals surface area contributed by atoms with Gasteiger partial charge in [-0.3, -0.25) is 4.90 Å². The van der Waals surface area contributed by atoms with Gasteiger partial charge in [-0.2, -0.15) is 0 Å². The van der Waals surface area contributed by atoms with Crippen molar-refractivity contribution >= 4 is 16.7 Å². The average molecular weight is 348 g/mol. The minimum absolute atomic E-state index is 0.326. The summed E-state index contributed by atoms with van der Waals surface area (Å²) in [7, 11) is 0. The fourth-order valence-corrected chi connectivity index (χ4v) is 3.09. The van der Waals surface area contributed by atoms with Crippen LogP contribution in [0, 0.1) is 5.41 Å². The van der Waals surface area contributed by atoms with Crippen molar-refractivity contribution in [3.8, 4) is 0 Å². The van der Waals surface area contributed by atoms with Crippen molar-refractivity contribution in [3.05, 3.63) is 30.1 Å². The van der Waals surface area contributed by atoms with Crippen LogP contribution in [0.4, 0.5) is 14.6 Å². The molecule has 2 aromatic rings. The fraction of sp³-hybridized carbons (Fsp3) is 0.579. The van der Waals surface area contributed by atoms with E-state index >= 15 is 0 Å². The zero-order chi connectivity index (χ0) is 18.0. The fourth-order valence-electron chi connectivity index (χ4n) is 3.09. The van der Waals surface area contributed by atoms with Crippen molar-refractivity contribution in [2.24, 2.45) is 5.41 Å². The Kier molecular flexibility index (Phi) is 5.18. The maximum absolute atomic E-state index is 13.2. The van der Waals surface area contributed by atoms with Crippen molar-refractivity contribution in [2.45, 2.75) is 33.6 Å². The summed E-state index contributed by atoms with van der Waals surface area (Å²) in [5.74, 6) is 0.250. The molecule has 1 aromatic heterocycles. The van der Waals surface area contributed by atoms with E-state index in [1.807, 2.05) is 18.2 Å². The molecule has 0 saturated carbocycles. The second-order valence-corrected chi connectivity index (χ2v) is 7.86. The molecule has 6 heteroatoms. The zero-order valence-corrected chi connectivity index (χ0v) is 15.2. The van der Waals surface area contributed by atoms with Crippen LogP contribution in [0.5, 0.6) is 0 Å². The first-order valence-corrected chi connectivity index (χ1v) is 8.86. The predicted molar refractivity (Wildman–Crippen MR) is 97.2 cm³/mol. The first-order chi connectivity index (χ1) is 11.8. The summed E-state index contributed by atoms with van der Waals surface area (Å²) in [4.78, 5) is 12.7. The minimum Gasteiger partial charge on any atom is -0.353 e. The van der Waals surface area contributed by atoms with Crippen LogP contribution in [0.3, 0.4) is 0 Å². The van der Waals surface area contributed by atoms with Gasteiger partial charge in [0.2, 0.25) is 0 Å². The van der Waals surface area contributed by atoms with Gasteiger partial charge in [0, 0.05) is 31.6 Å². The molecule has 0 radical (unpaired) electrons. The maximum atomic E-state index is 13.2. The Bertz CT molecular complexity index is 719. The SMILES string of the molecule is CC(C)(C)CCN1CCN(c2nc(C(F)F)nc3ccccc23)CC1. The number of para-hydroxylation sites is 1. The summed E-state index contributed by atoms with van der Waals surface area (Å²) >= 11 is 0. The Balaban J connectivity index is 1.77. The number of rotatable bonds is 4. The van der Waals surface area contributed by atoms with E-state index in [2.05, 4.69) is 40.5 Å². The molecule has 136 valence electrons. The van der Waals surface area contributed by atoms with E-state index in [4.69, 9.17) is 0 Å². The summed E-state index contributed by atoms with van der Waals surface area (Å²) in [5, 5.41) is 0.843. The lowest BCUT2D eigenvalue weighted by atomic mass is 9.92. The first-order valence-electron chi connectivity index (χ1n) is 8.86. The third-order valence-electron chi connectivity index (χ3n) is 4.65. The van der Waals surface area contributed by atoms with Crippen LogP contribution >= 0.6 is 0 Å². The van der Waals surface area contributed by atoms with Crippen molar-refractivity contribution in [3.63, 3.8) is 0 Å². The van der Waals surface area contributed by atoms with E-state index in [0.717, 1.165) is 44.5 Å². The number of fused-ring (bicyclic) bond motifs is 1. The lowest BCUT2D eigenvalue weighted by Gasteiger charge is -2.37. The molecular weight excluding hydrogens is 322 g/mol. The average Bonchev–Trinajstić information content (AvgIpc) is 2.59. The van der Waals surface area contributed by atoms with Crippen LogP contribution in [-0.2, 0) is 0 Å². The number of nitrogens with zero attached hydrogens (tertiary/aromatic N) is 4. The zero-order valence-electron chi connectivity index (χ0n) is 15.2. The molecule has 2 heterocycles. The third kappa shape index (κ3) is 4.42. The van der Waals surface area contributed by atoms with Gasteiger partial charge < -0.3 is 4.90 Å². The van der Waals surface area contributed by atoms with E-state index in [-0.39, 0.29) is 5.82 Å². The van der Waals surface area contributed by atoms with Gasteiger partial charge in [0.05, 0.1) is 5.52 Å². The quantitative estimate of drug-likeness (QED) is 0.832. The molecule has 0 spiro atoms. The highest BCUT2D eigenvalue weighted by molar-refractivity contribution is 5.89. The van der Waals surface area contributed by atoms with Crippen LogP contribution < -0.4 is 4.90 Å². The number of hydrogen-bond acceptors (Lipinski definition) is 4. The molecule has 1 saturated heterocycles. The predicted octanol–water partition coefficient (Wildman–Crippen LogP) is 4.13. The molecule has 0 amide bonds. The van der Waals surface area contributed by atoms with Crippen molar-refractivity contribution in [2.75, 3.05) is 37.6 Å². The Morgan fingerprint density at radius 2 is 1.72 bits per heavy atom. The summed E-state index contributed by atoms with van der Waals surface area (Å²) in [6, 6.07) is 7.40. The molecule has 0 unspecified atom stereocenters. The normalized spacial score (nSPS) is 16.8. The minimum atomic E-state index is -2.66. The molecule has 3 rings (SSSR count). The van der Waals surface area contributed by atoms with E-state index in [0.29, 0.717) is 16.7 Å². The lowest BCUT2D eigenvalue weighted by Crippen LogP contribution is -2.47. The van der Waals surface area contributed by atoms with Gasteiger partial charge in [0.25, 0.3) is 6.43 Å². The van der Waals surface area contributed by atoms with Crippen LogP contribution in [0.1, 0.15) is 39.4 Å². The van der Waals surface area contributed by atoms with Crippen molar-refractivity contribution in [1.82, 2.24) is 14.9 Å². The number of aromatic nitrogens is 2. The number of anilines is 1. The van der Waals surface area contributed by atoms with Gasteiger partial charge in [-0.1, -0.05) is 32.9 Å². The standard InChI is InChI=1S/C19H26F2N4/c1-19(2,3)8-9-24-10-12-25(13-11-24)18-14-6-4-5-7-15(14)22-17(23-18)16(20)21/h4-7,16H,8-13H2,1-3H3. The molecule has 1 aliphatic heterocycles. The Morgan fingerprint density at radius 3 is 2.36 bits per heavy atom. The second kappa shape index (κ2) is 7.20. The summed E-state index contributed by atoms with van der Waals surface area (Å²) in [5.41, 5.74) is 0.907. The largest absolute Gasteiger partial charge is 0.353 e. The first kappa shape index (κ1) is 18.0. The highest BCUT2D eigenvalue weighted by Crippen LogP contribution is 2.28. The van der Waals surface area contributed by atoms with Gasteiger partial charge in [0.1, 0.15) is 5.82 Å². The summed E-state index contributed by atoms with van der Waals surface area (Å²) in [6.07, 6.45) is -1.50. The van der Waals surface area contributed by atoms with E-state index in [9.17, 15) is 8.78 Å². The maximum Gasteiger partial charge on any atom is 0.297 e. The monoisotopic (exact) mass is 348 g/mol. The van der Waals surface area contributed by atoms with Gasteiger partial charge in [-0.15, -0.1) is 0 Å². The van der Waals surface area contributed by atoms with E-state index < -0.39 is 6.43 Å². The van der Waals surface area contributed by atoms with Crippen LogP contribution in [-0.4, -0.2) is 47.6 Å². The van der Waals surface area contributed by atoms with Crippen molar-refractivity contribution < 1.29 is 8.78 Å². The highest BCUT2D eigenvalue weighted by atomic mass is 19.3. The molecule has 4 nitrogen and oxygen atoms in total. The molecule has 1 aliphatic rings. The van der Waals surface area contributed by atoms with Gasteiger partial charge in [0.15, 0.2) is 5.82 Å². The summed E-state index contributed by atoms with van der Waals surface area (Å²) < 4.78 is 26.3. The Labute approximate surface area is 147 Å². The molecule has 0 bridgehead atoms. The Morgan fingerprint density at radius 1 is 1.04 bits per heavy atom. The topological polar surface area (TPSA) is 32.3 Å². The third-order valence-corrected chi connectivity index (χ3v) is 4.65. The number of piperazine rings is 1. The number of alkyl halides is 2. The van der Waals surface area contributed by atoms with Gasteiger partial charge >= 0.3 is 0 Å². The molecule has 1 aromatic carbocycles. The summed E-state index contributed by atoms with van der Waals surface area (Å²) in [6.45, 7) is 11.3. The molecular formula is C19H26F2N4. The van der Waals surface area contributed by atoms with E-state index in [1.54, 1.807) is 6.07 Å². The van der Waals surface area contributed by atoms with Gasteiger partial charge in [-0.25, -0.2) is 18.7 Å². The van der Waals surface area contributed by atoms with Crippen LogP contribution in [0.2, 0.25) is 0 Å². The number of halogens is 2. The molecule has 1 fully saturated rings. The molecule has 0 atom stereocenters. The smallest absolute Gasteiger partial charge is 0.297 e. The number of hydrogen-bond donors (Lipinski definition) is 0. The highest BCUT2D eigenvalue weighted by Gasteiger charge is 2.23. The second-order valence-electron chi connectivity index (χ2n) is 7.86. The van der Waals surface area contributed by atoms with Crippen molar-refractivity contribution in [1.29, 1.82) is 0 Å². The molecule has 0 N–H and O–H groups in total. The lowest BCUT2D eigenvalue weighted by molar-refractivity contribution is 0.141. The van der Waals surface area contributed by atoms with Gasteiger partial charge in [-0.05, 0) is 30.5 Å².